The van der Waals surface area contributed by atoms with E-state index in [1.807, 2.05) is 60.7 Å². The van der Waals surface area contributed by atoms with Crippen molar-refractivity contribution in [3.8, 4) is 0 Å². The number of rotatable bonds is 5. The first-order chi connectivity index (χ1) is 8.81. The van der Waals surface area contributed by atoms with Gasteiger partial charge in [-0.2, -0.15) is 0 Å². The molecule has 18 heavy (non-hydrogen) atoms. The molecule has 0 saturated carbocycles. The number of aliphatic hydroxyl groups is 1. The summed E-state index contributed by atoms with van der Waals surface area (Å²) in [5.41, 5.74) is 0.762. The minimum atomic E-state index is -0.783. The molecule has 0 radical (unpaired) electrons. The van der Waals surface area contributed by atoms with Crippen LogP contribution in [-0.4, -0.2) is 16.6 Å². The second-order valence-corrected chi connectivity index (χ2v) is 5.14. The first kappa shape index (κ1) is 12.9. The van der Waals surface area contributed by atoms with Gasteiger partial charge >= 0.3 is 0 Å². The molecule has 2 aromatic carbocycles. The van der Waals surface area contributed by atoms with Crippen LogP contribution >= 0.6 is 11.8 Å². The Balaban J connectivity index is 2.12. The fourth-order valence-electron chi connectivity index (χ4n) is 1.66. The third-order valence-electron chi connectivity index (χ3n) is 2.60. The highest BCUT2D eigenvalue weighted by Gasteiger charge is 2.21. The molecule has 0 saturated heterocycles. The van der Waals surface area contributed by atoms with Crippen molar-refractivity contribution in [3.05, 3.63) is 66.2 Å². The highest BCUT2D eigenvalue weighted by molar-refractivity contribution is 8.00. The molecule has 0 unspecified atom stereocenters. The molecule has 92 valence electrons. The third kappa shape index (κ3) is 3.22. The molecule has 2 atom stereocenters. The molecule has 3 heteroatoms. The van der Waals surface area contributed by atoms with Gasteiger partial charge < -0.3 is 9.90 Å². The summed E-state index contributed by atoms with van der Waals surface area (Å²) in [5.74, 6) is 0. The van der Waals surface area contributed by atoms with Gasteiger partial charge in [0.25, 0.3) is 0 Å². The van der Waals surface area contributed by atoms with Crippen molar-refractivity contribution in [3.63, 3.8) is 0 Å². The summed E-state index contributed by atoms with van der Waals surface area (Å²) in [4.78, 5) is 12.1. The number of hydrogen-bond donors (Lipinski definition) is 1. The van der Waals surface area contributed by atoms with Crippen LogP contribution < -0.4 is 0 Å². The lowest BCUT2D eigenvalue weighted by Crippen LogP contribution is -2.16. The van der Waals surface area contributed by atoms with Gasteiger partial charge in [0.15, 0.2) is 0 Å². The Morgan fingerprint density at radius 2 is 1.50 bits per heavy atom. The molecule has 2 nitrogen and oxygen atoms in total. The summed E-state index contributed by atoms with van der Waals surface area (Å²) < 4.78 is 0. The topological polar surface area (TPSA) is 37.3 Å². The second kappa shape index (κ2) is 6.38. The Morgan fingerprint density at radius 1 is 0.944 bits per heavy atom. The van der Waals surface area contributed by atoms with Crippen LogP contribution in [0, 0.1) is 0 Å². The maximum atomic E-state index is 11.1. The van der Waals surface area contributed by atoms with Crippen LogP contribution in [0.2, 0.25) is 0 Å². The minimum absolute atomic E-state index is 0.491. The summed E-state index contributed by atoms with van der Waals surface area (Å²) in [7, 11) is 0. The van der Waals surface area contributed by atoms with Crippen LogP contribution in [0.5, 0.6) is 0 Å². The molecule has 0 aliphatic carbocycles. The van der Waals surface area contributed by atoms with Crippen molar-refractivity contribution < 1.29 is 9.90 Å². The molecule has 0 aromatic heterocycles. The number of benzene rings is 2. The van der Waals surface area contributed by atoms with E-state index < -0.39 is 11.4 Å². The standard InChI is InChI=1S/C15H14O2S/c16-11-14(18-13-9-5-2-6-10-13)15(17)12-7-3-1-4-8-12/h1-11,14-15,17H/t14-,15+/m1/s1. The number of thioether (sulfide) groups is 1. The molecule has 0 fully saturated rings. The first-order valence-electron chi connectivity index (χ1n) is 5.71. The molecule has 0 amide bonds. The van der Waals surface area contributed by atoms with Gasteiger partial charge in [-0.1, -0.05) is 48.5 Å². The SMILES string of the molecule is O=C[C@@H](Sc1ccccc1)[C@@H](O)c1ccccc1. The van der Waals surface area contributed by atoms with E-state index in [4.69, 9.17) is 0 Å². The van der Waals surface area contributed by atoms with Gasteiger partial charge in [-0.25, -0.2) is 0 Å². The zero-order valence-electron chi connectivity index (χ0n) is 9.77. The van der Waals surface area contributed by atoms with E-state index in [2.05, 4.69) is 0 Å². The number of aldehydes is 1. The van der Waals surface area contributed by atoms with Crippen LogP contribution in [-0.2, 0) is 4.79 Å². The number of carbonyl (C=O) groups is 1. The molecule has 0 spiro atoms. The van der Waals surface area contributed by atoms with Crippen LogP contribution in [0.25, 0.3) is 0 Å². The number of aliphatic hydroxyl groups excluding tert-OH is 1. The van der Waals surface area contributed by atoms with Gasteiger partial charge in [-0.05, 0) is 17.7 Å². The summed E-state index contributed by atoms with van der Waals surface area (Å²) in [6, 6.07) is 18.9. The Bertz CT molecular complexity index is 484. The minimum Gasteiger partial charge on any atom is -0.387 e. The lowest BCUT2D eigenvalue weighted by molar-refractivity contribution is -0.109. The Kier molecular flexibility index (Phi) is 4.56. The fourth-order valence-corrected chi connectivity index (χ4v) is 2.63. The molecular formula is C15H14O2S. The molecule has 0 bridgehead atoms. The number of carbonyl (C=O) groups excluding carboxylic acids is 1. The molecule has 0 aliphatic rings. The zero-order chi connectivity index (χ0) is 12.8. The van der Waals surface area contributed by atoms with E-state index in [9.17, 15) is 9.90 Å². The van der Waals surface area contributed by atoms with E-state index >= 15 is 0 Å². The van der Waals surface area contributed by atoms with E-state index in [1.165, 1.54) is 11.8 Å². The van der Waals surface area contributed by atoms with Crippen molar-refractivity contribution in [1.29, 1.82) is 0 Å². The predicted octanol–water partition coefficient (Wildman–Crippen LogP) is 3.08. The van der Waals surface area contributed by atoms with Crippen molar-refractivity contribution in [1.82, 2.24) is 0 Å². The monoisotopic (exact) mass is 258 g/mol. The van der Waals surface area contributed by atoms with Gasteiger partial charge in [0.2, 0.25) is 0 Å². The lowest BCUT2D eigenvalue weighted by atomic mass is 10.1. The van der Waals surface area contributed by atoms with Gasteiger partial charge in [-0.3, -0.25) is 0 Å². The van der Waals surface area contributed by atoms with Crippen LogP contribution in [0.1, 0.15) is 11.7 Å². The van der Waals surface area contributed by atoms with E-state index in [0.717, 1.165) is 16.7 Å². The smallest absolute Gasteiger partial charge is 0.136 e. The summed E-state index contributed by atoms with van der Waals surface area (Å²) >= 11 is 1.37. The molecular weight excluding hydrogens is 244 g/mol. The molecule has 2 rings (SSSR count). The van der Waals surface area contributed by atoms with Crippen molar-refractivity contribution >= 4 is 18.0 Å². The first-order valence-corrected chi connectivity index (χ1v) is 6.59. The van der Waals surface area contributed by atoms with Crippen molar-refractivity contribution in [2.75, 3.05) is 0 Å². The highest BCUT2D eigenvalue weighted by Crippen LogP contribution is 2.30. The molecule has 0 heterocycles. The Labute approximate surface area is 111 Å². The number of hydrogen-bond acceptors (Lipinski definition) is 3. The second-order valence-electron chi connectivity index (χ2n) is 3.89. The average molecular weight is 258 g/mol. The van der Waals surface area contributed by atoms with Gasteiger partial charge in [-0.15, -0.1) is 11.8 Å². The largest absolute Gasteiger partial charge is 0.387 e. The third-order valence-corrected chi connectivity index (χ3v) is 3.79. The molecule has 2 aromatic rings. The van der Waals surface area contributed by atoms with Crippen molar-refractivity contribution in [2.24, 2.45) is 0 Å². The van der Waals surface area contributed by atoms with Crippen LogP contribution in [0.15, 0.2) is 65.6 Å². The molecule has 0 aliphatic heterocycles. The predicted molar refractivity (Wildman–Crippen MR) is 73.6 cm³/mol. The summed E-state index contributed by atoms with van der Waals surface area (Å²) in [6.45, 7) is 0. The Hall–Kier alpha value is -1.58. The Morgan fingerprint density at radius 3 is 2.06 bits per heavy atom. The maximum Gasteiger partial charge on any atom is 0.136 e. The fraction of sp³-hybridized carbons (Fsp3) is 0.133. The van der Waals surface area contributed by atoms with E-state index in [0.29, 0.717) is 0 Å². The van der Waals surface area contributed by atoms with E-state index in [-0.39, 0.29) is 0 Å². The average Bonchev–Trinajstić information content (AvgIpc) is 2.46. The summed E-state index contributed by atoms with van der Waals surface area (Å²) in [6.07, 6.45) is 0.0175. The molecule has 1 N–H and O–H groups in total. The van der Waals surface area contributed by atoms with Gasteiger partial charge in [0.05, 0.1) is 11.4 Å². The lowest BCUT2D eigenvalue weighted by Gasteiger charge is -2.17. The van der Waals surface area contributed by atoms with Gasteiger partial charge in [0.1, 0.15) is 6.29 Å². The summed E-state index contributed by atoms with van der Waals surface area (Å²) in [5, 5.41) is 9.70. The zero-order valence-corrected chi connectivity index (χ0v) is 10.6. The highest BCUT2D eigenvalue weighted by atomic mass is 32.2. The van der Waals surface area contributed by atoms with Crippen LogP contribution in [0.3, 0.4) is 0 Å². The van der Waals surface area contributed by atoms with E-state index in [1.54, 1.807) is 0 Å². The quantitative estimate of drug-likeness (QED) is 0.661. The van der Waals surface area contributed by atoms with Gasteiger partial charge in [0, 0.05) is 4.90 Å². The maximum absolute atomic E-state index is 11.1. The van der Waals surface area contributed by atoms with Crippen molar-refractivity contribution in [2.45, 2.75) is 16.2 Å². The van der Waals surface area contributed by atoms with Crippen LogP contribution in [0.4, 0.5) is 0 Å². The normalized spacial score (nSPS) is 13.8.